The number of rotatable bonds is 4. The number of carboxylic acid groups (broad SMARTS) is 1. The van der Waals surface area contributed by atoms with Gasteiger partial charge in [-0.2, -0.15) is 0 Å². The van der Waals surface area contributed by atoms with Crippen LogP contribution < -0.4 is 5.73 Å². The molecule has 2 atom stereocenters. The molecular formula is C11H19N3O4S. The van der Waals surface area contributed by atoms with Crippen LogP contribution in [-0.4, -0.2) is 63.6 Å². The van der Waals surface area contributed by atoms with Crippen molar-refractivity contribution in [1.29, 1.82) is 0 Å². The second-order valence-electron chi connectivity index (χ2n) is 4.83. The number of amides is 3. The normalized spacial score (nSPS) is 22.6. The van der Waals surface area contributed by atoms with Gasteiger partial charge < -0.3 is 15.7 Å². The van der Waals surface area contributed by atoms with Gasteiger partial charge in [-0.25, -0.2) is 9.59 Å². The zero-order valence-corrected chi connectivity index (χ0v) is 12.0. The molecule has 1 aliphatic heterocycles. The lowest BCUT2D eigenvalue weighted by atomic mass is 10.1. The van der Waals surface area contributed by atoms with Crippen LogP contribution in [0.5, 0.6) is 0 Å². The number of nitrogens with zero attached hydrogens (tertiary/aromatic N) is 2. The monoisotopic (exact) mass is 289 g/mol. The number of thioether (sulfide) groups is 1. The molecule has 8 heteroatoms. The molecular weight excluding hydrogens is 270 g/mol. The van der Waals surface area contributed by atoms with E-state index in [4.69, 9.17) is 5.73 Å². The van der Waals surface area contributed by atoms with Gasteiger partial charge in [-0.05, 0) is 5.92 Å². The van der Waals surface area contributed by atoms with Gasteiger partial charge in [0, 0.05) is 12.8 Å². The Kier molecular flexibility index (Phi) is 5.04. The van der Waals surface area contributed by atoms with Crippen LogP contribution in [0.25, 0.3) is 0 Å². The summed E-state index contributed by atoms with van der Waals surface area (Å²) in [5.41, 5.74) is 5.05. The maximum Gasteiger partial charge on any atom is 0.327 e. The predicted octanol–water partition coefficient (Wildman–Crippen LogP) is 0.00760. The molecule has 19 heavy (non-hydrogen) atoms. The van der Waals surface area contributed by atoms with Crippen molar-refractivity contribution in [3.05, 3.63) is 0 Å². The van der Waals surface area contributed by atoms with Crippen LogP contribution in [0, 0.1) is 5.92 Å². The van der Waals surface area contributed by atoms with E-state index in [1.165, 1.54) is 23.7 Å². The van der Waals surface area contributed by atoms with Crippen molar-refractivity contribution >= 4 is 29.7 Å². The molecule has 3 N–H and O–H groups in total. The predicted molar refractivity (Wildman–Crippen MR) is 71.6 cm³/mol. The quantitative estimate of drug-likeness (QED) is 0.758. The Bertz CT molecular complexity index is 388. The molecule has 0 spiro atoms. The van der Waals surface area contributed by atoms with Crippen LogP contribution in [0.3, 0.4) is 0 Å². The number of nitrogens with two attached hydrogens (primary N) is 1. The number of urea groups is 1. The lowest BCUT2D eigenvalue weighted by Crippen LogP contribution is -2.53. The zero-order valence-electron chi connectivity index (χ0n) is 11.2. The first-order valence-electron chi connectivity index (χ1n) is 5.91. The second-order valence-corrected chi connectivity index (χ2v) is 5.98. The van der Waals surface area contributed by atoms with E-state index in [1.807, 2.05) is 13.8 Å². The van der Waals surface area contributed by atoms with Crippen molar-refractivity contribution in [3.8, 4) is 0 Å². The highest BCUT2D eigenvalue weighted by molar-refractivity contribution is 8.00. The summed E-state index contributed by atoms with van der Waals surface area (Å²) in [6, 6.07) is -1.34. The van der Waals surface area contributed by atoms with Crippen LogP contribution >= 0.6 is 11.8 Å². The highest BCUT2D eigenvalue weighted by Crippen LogP contribution is 2.34. The third-order valence-corrected chi connectivity index (χ3v) is 4.45. The topological polar surface area (TPSA) is 104 Å². The molecule has 1 saturated heterocycles. The Hall–Kier alpha value is -1.44. The maximum atomic E-state index is 12.3. The van der Waals surface area contributed by atoms with Crippen LogP contribution in [0.1, 0.15) is 13.8 Å². The Morgan fingerprint density at radius 2 is 2.05 bits per heavy atom. The fourth-order valence-electron chi connectivity index (χ4n) is 1.97. The van der Waals surface area contributed by atoms with Gasteiger partial charge in [0.05, 0.1) is 5.37 Å². The van der Waals surface area contributed by atoms with Gasteiger partial charge in [0.2, 0.25) is 5.91 Å². The minimum absolute atomic E-state index is 0.125. The molecule has 1 fully saturated rings. The molecule has 1 heterocycles. The third kappa shape index (κ3) is 3.52. The summed E-state index contributed by atoms with van der Waals surface area (Å²) in [7, 11) is 1.44. The summed E-state index contributed by atoms with van der Waals surface area (Å²) >= 11 is 1.44. The van der Waals surface area contributed by atoms with Crippen LogP contribution in [0.4, 0.5) is 4.79 Å². The maximum absolute atomic E-state index is 12.3. The molecule has 0 saturated carbocycles. The minimum Gasteiger partial charge on any atom is -0.480 e. The molecule has 0 aromatic rings. The lowest BCUT2D eigenvalue weighted by molar-refractivity contribution is -0.141. The molecule has 2 unspecified atom stereocenters. The van der Waals surface area contributed by atoms with E-state index in [0.717, 1.165) is 4.90 Å². The van der Waals surface area contributed by atoms with Crippen molar-refractivity contribution < 1.29 is 19.5 Å². The fourth-order valence-corrected chi connectivity index (χ4v) is 3.44. The average Bonchev–Trinajstić information content (AvgIpc) is 2.71. The number of carbonyl (C=O) groups is 3. The lowest BCUT2D eigenvalue weighted by Gasteiger charge is -2.32. The van der Waals surface area contributed by atoms with E-state index >= 15 is 0 Å². The van der Waals surface area contributed by atoms with Crippen molar-refractivity contribution in [2.75, 3.05) is 19.3 Å². The molecule has 0 aliphatic carbocycles. The Morgan fingerprint density at radius 3 is 2.47 bits per heavy atom. The average molecular weight is 289 g/mol. The summed E-state index contributed by atoms with van der Waals surface area (Å²) in [5.74, 6) is -1.18. The van der Waals surface area contributed by atoms with E-state index in [2.05, 4.69) is 0 Å². The molecule has 0 aromatic heterocycles. The largest absolute Gasteiger partial charge is 0.480 e. The van der Waals surface area contributed by atoms with Gasteiger partial charge >= 0.3 is 12.0 Å². The van der Waals surface area contributed by atoms with Crippen molar-refractivity contribution in [3.63, 3.8) is 0 Å². The van der Waals surface area contributed by atoms with E-state index in [9.17, 15) is 19.5 Å². The number of likely N-dealkylation sites (N-methyl/N-ethyl adjacent to an activating group) is 1. The first-order chi connectivity index (χ1) is 8.75. The molecule has 7 nitrogen and oxygen atoms in total. The van der Waals surface area contributed by atoms with Crippen LogP contribution in [0.2, 0.25) is 0 Å². The summed E-state index contributed by atoms with van der Waals surface area (Å²) in [5, 5.41) is 8.97. The number of primary amides is 1. The number of carboxylic acids is 1. The van der Waals surface area contributed by atoms with Gasteiger partial charge in [0.15, 0.2) is 0 Å². The number of aliphatic carboxylic acids is 1. The Morgan fingerprint density at radius 1 is 1.47 bits per heavy atom. The minimum atomic E-state index is -1.03. The molecule has 108 valence electrons. The van der Waals surface area contributed by atoms with Crippen molar-refractivity contribution in [1.82, 2.24) is 9.80 Å². The highest BCUT2D eigenvalue weighted by Gasteiger charge is 2.43. The van der Waals surface area contributed by atoms with Gasteiger partial charge in [-0.15, -0.1) is 11.8 Å². The van der Waals surface area contributed by atoms with Crippen LogP contribution in [0.15, 0.2) is 0 Å². The SMILES string of the molecule is CC(C)C1SCC(C(=O)O)N1C(=O)N(C)CC(N)=O. The standard InChI is InChI=1S/C11H19N3O4S/c1-6(2)9-14(7(5-19-9)10(16)17)11(18)13(3)4-8(12)15/h6-7,9H,4-5H2,1-3H3,(H2,12,15)(H,16,17). The first-order valence-corrected chi connectivity index (χ1v) is 6.96. The molecule has 1 aliphatic rings. The van der Waals surface area contributed by atoms with E-state index < -0.39 is 23.9 Å². The molecule has 3 amide bonds. The van der Waals surface area contributed by atoms with Crippen LogP contribution in [-0.2, 0) is 9.59 Å². The van der Waals surface area contributed by atoms with Gasteiger partial charge in [0.1, 0.15) is 12.6 Å². The van der Waals surface area contributed by atoms with Gasteiger partial charge in [-0.1, -0.05) is 13.8 Å². The van der Waals surface area contributed by atoms with Crippen molar-refractivity contribution in [2.24, 2.45) is 11.7 Å². The fraction of sp³-hybridized carbons (Fsp3) is 0.727. The first kappa shape index (κ1) is 15.6. The number of carbonyl (C=O) groups excluding carboxylic acids is 2. The second kappa shape index (κ2) is 6.14. The molecule has 1 rings (SSSR count). The zero-order chi connectivity index (χ0) is 14.7. The van der Waals surface area contributed by atoms with E-state index in [1.54, 1.807) is 0 Å². The molecule has 0 radical (unpaired) electrons. The summed E-state index contributed by atoms with van der Waals surface area (Å²) in [6.45, 7) is 3.63. The Labute approximate surface area is 116 Å². The van der Waals surface area contributed by atoms with Gasteiger partial charge in [0.25, 0.3) is 0 Å². The molecule has 0 aromatic carbocycles. The van der Waals surface area contributed by atoms with E-state index in [0.29, 0.717) is 5.75 Å². The summed E-state index contributed by atoms with van der Waals surface area (Å²) in [6.07, 6.45) is 0. The van der Waals surface area contributed by atoms with Crippen molar-refractivity contribution in [2.45, 2.75) is 25.3 Å². The Balaban J connectivity index is 2.92. The number of hydrogen-bond donors (Lipinski definition) is 2. The molecule has 0 bridgehead atoms. The smallest absolute Gasteiger partial charge is 0.327 e. The third-order valence-electron chi connectivity index (χ3n) is 2.83. The van der Waals surface area contributed by atoms with E-state index in [-0.39, 0.29) is 17.8 Å². The number of hydrogen-bond acceptors (Lipinski definition) is 4. The van der Waals surface area contributed by atoms with Gasteiger partial charge in [-0.3, -0.25) is 9.69 Å². The highest BCUT2D eigenvalue weighted by atomic mass is 32.2. The summed E-state index contributed by atoms with van der Waals surface area (Å²) in [4.78, 5) is 36.8. The summed E-state index contributed by atoms with van der Waals surface area (Å²) < 4.78 is 0.